The van der Waals surface area contributed by atoms with E-state index in [4.69, 9.17) is 16.6 Å². The van der Waals surface area contributed by atoms with Gasteiger partial charge in [-0.25, -0.2) is 4.98 Å². The van der Waals surface area contributed by atoms with Gasteiger partial charge in [0.1, 0.15) is 5.65 Å². The summed E-state index contributed by atoms with van der Waals surface area (Å²) in [5, 5.41) is 0.691. The number of benzene rings is 1. The van der Waals surface area contributed by atoms with Crippen LogP contribution in [0.4, 0.5) is 0 Å². The van der Waals surface area contributed by atoms with E-state index in [-0.39, 0.29) is 5.91 Å². The molecule has 0 bridgehead atoms. The van der Waals surface area contributed by atoms with Crippen molar-refractivity contribution in [2.75, 3.05) is 0 Å². The maximum absolute atomic E-state index is 13.2. The second-order valence-corrected chi connectivity index (χ2v) is 7.89. The lowest BCUT2D eigenvalue weighted by molar-refractivity contribution is -0.136. The Labute approximate surface area is 164 Å². The number of carbonyl (C=O) groups excluding carboxylic acids is 1. The summed E-state index contributed by atoms with van der Waals surface area (Å²) in [7, 11) is 0. The first-order valence-electron chi connectivity index (χ1n) is 9.57. The van der Waals surface area contributed by atoms with E-state index >= 15 is 0 Å². The normalized spacial score (nSPS) is 20.2. The van der Waals surface area contributed by atoms with E-state index in [1.165, 1.54) is 6.42 Å². The molecule has 1 aromatic carbocycles. The van der Waals surface area contributed by atoms with Crippen LogP contribution in [-0.4, -0.2) is 32.3 Å². The summed E-state index contributed by atoms with van der Waals surface area (Å²) in [5.74, 6) is 0.176. The zero-order chi connectivity index (χ0) is 19.0. The van der Waals surface area contributed by atoms with Gasteiger partial charge in [-0.3, -0.25) is 4.79 Å². The smallest absolute Gasteiger partial charge is 0.229 e. The number of halogens is 1. The third-order valence-electron chi connectivity index (χ3n) is 5.55. The molecule has 1 aliphatic rings. The molecule has 5 heteroatoms. The van der Waals surface area contributed by atoms with Crippen LogP contribution in [0.25, 0.3) is 16.9 Å². The molecule has 0 N–H and O–H groups in total. The van der Waals surface area contributed by atoms with Crippen LogP contribution in [0.2, 0.25) is 5.02 Å². The van der Waals surface area contributed by atoms with Crippen molar-refractivity contribution >= 4 is 23.2 Å². The lowest BCUT2D eigenvalue weighted by Crippen LogP contribution is -2.48. The molecule has 0 radical (unpaired) electrons. The standard InChI is InChI=1S/C22H24ClN3O/c1-15-6-5-7-16(2)26(15)21(27)14-19-22(17-9-11-18(23)12-10-17)24-20-8-3-4-13-25(19)20/h3-4,8-13,15-16H,5-7,14H2,1-2H3. The fraction of sp³-hybridized carbons (Fsp3) is 0.364. The lowest BCUT2D eigenvalue weighted by atomic mass is 9.96. The molecule has 27 heavy (non-hydrogen) atoms. The minimum atomic E-state index is 0.176. The molecule has 0 saturated carbocycles. The van der Waals surface area contributed by atoms with Crippen LogP contribution >= 0.6 is 11.6 Å². The number of likely N-dealkylation sites (tertiary alicyclic amines) is 1. The van der Waals surface area contributed by atoms with E-state index in [1.54, 1.807) is 0 Å². The number of carbonyl (C=O) groups is 1. The van der Waals surface area contributed by atoms with Crippen LogP contribution in [0.3, 0.4) is 0 Å². The lowest BCUT2D eigenvalue weighted by Gasteiger charge is -2.39. The summed E-state index contributed by atoms with van der Waals surface area (Å²) in [6.45, 7) is 4.31. The molecular weight excluding hydrogens is 358 g/mol. The molecule has 4 nitrogen and oxygen atoms in total. The Hall–Kier alpha value is -2.33. The third-order valence-corrected chi connectivity index (χ3v) is 5.80. The van der Waals surface area contributed by atoms with Crippen molar-refractivity contribution in [3.8, 4) is 11.3 Å². The summed E-state index contributed by atoms with van der Waals surface area (Å²) in [4.78, 5) is 20.1. The molecule has 0 spiro atoms. The molecule has 1 saturated heterocycles. The average molecular weight is 382 g/mol. The molecule has 1 amide bonds. The number of amides is 1. The van der Waals surface area contributed by atoms with Gasteiger partial charge < -0.3 is 9.30 Å². The van der Waals surface area contributed by atoms with E-state index in [0.29, 0.717) is 23.5 Å². The van der Waals surface area contributed by atoms with Crippen molar-refractivity contribution in [2.24, 2.45) is 0 Å². The first-order chi connectivity index (χ1) is 13.0. The Morgan fingerprint density at radius 3 is 2.52 bits per heavy atom. The largest absolute Gasteiger partial charge is 0.337 e. The van der Waals surface area contributed by atoms with Gasteiger partial charge in [0.15, 0.2) is 0 Å². The number of rotatable bonds is 3. The van der Waals surface area contributed by atoms with Gasteiger partial charge in [0, 0.05) is 28.9 Å². The quantitative estimate of drug-likeness (QED) is 0.641. The summed E-state index contributed by atoms with van der Waals surface area (Å²) >= 11 is 6.05. The monoisotopic (exact) mass is 381 g/mol. The highest BCUT2D eigenvalue weighted by Crippen LogP contribution is 2.28. The van der Waals surface area contributed by atoms with E-state index < -0.39 is 0 Å². The summed E-state index contributed by atoms with van der Waals surface area (Å²) in [5.41, 5.74) is 3.61. The van der Waals surface area contributed by atoms with Crippen molar-refractivity contribution in [1.82, 2.24) is 14.3 Å². The van der Waals surface area contributed by atoms with Gasteiger partial charge in [0.2, 0.25) is 5.91 Å². The van der Waals surface area contributed by atoms with Crippen molar-refractivity contribution < 1.29 is 4.79 Å². The van der Waals surface area contributed by atoms with Crippen molar-refractivity contribution in [3.05, 3.63) is 59.4 Å². The summed E-state index contributed by atoms with van der Waals surface area (Å²) in [6.07, 6.45) is 5.67. The second kappa shape index (κ2) is 7.35. The molecule has 1 fully saturated rings. The number of hydrogen-bond donors (Lipinski definition) is 0. The number of aromatic nitrogens is 2. The summed E-state index contributed by atoms with van der Waals surface area (Å²) < 4.78 is 2.03. The number of imidazole rings is 1. The zero-order valence-electron chi connectivity index (χ0n) is 15.7. The van der Waals surface area contributed by atoms with E-state index in [0.717, 1.165) is 35.4 Å². The maximum Gasteiger partial charge on any atom is 0.229 e. The molecule has 2 unspecified atom stereocenters. The fourth-order valence-electron chi connectivity index (χ4n) is 4.20. The maximum atomic E-state index is 13.2. The van der Waals surface area contributed by atoms with Crippen LogP contribution in [0.15, 0.2) is 48.7 Å². The minimum absolute atomic E-state index is 0.176. The van der Waals surface area contributed by atoms with Gasteiger partial charge in [-0.15, -0.1) is 0 Å². The molecule has 3 heterocycles. The van der Waals surface area contributed by atoms with Crippen LogP contribution in [0, 0.1) is 0 Å². The Morgan fingerprint density at radius 1 is 1.11 bits per heavy atom. The molecule has 4 rings (SSSR count). The van der Waals surface area contributed by atoms with E-state index in [1.807, 2.05) is 53.1 Å². The topological polar surface area (TPSA) is 37.6 Å². The van der Waals surface area contributed by atoms with E-state index in [9.17, 15) is 4.79 Å². The third kappa shape index (κ3) is 3.46. The molecular formula is C22H24ClN3O. The number of piperidine rings is 1. The SMILES string of the molecule is CC1CCCC(C)N1C(=O)Cc1c(-c2ccc(Cl)cc2)nc2ccccn12. The zero-order valence-corrected chi connectivity index (χ0v) is 16.5. The number of pyridine rings is 1. The number of fused-ring (bicyclic) bond motifs is 1. The molecule has 2 aromatic heterocycles. The Kier molecular flexibility index (Phi) is 4.92. The second-order valence-electron chi connectivity index (χ2n) is 7.45. The Balaban J connectivity index is 1.75. The van der Waals surface area contributed by atoms with Crippen LogP contribution in [-0.2, 0) is 11.2 Å². The highest BCUT2D eigenvalue weighted by atomic mass is 35.5. The van der Waals surface area contributed by atoms with E-state index in [2.05, 4.69) is 18.7 Å². The van der Waals surface area contributed by atoms with Gasteiger partial charge in [-0.2, -0.15) is 0 Å². The fourth-order valence-corrected chi connectivity index (χ4v) is 4.33. The van der Waals surface area contributed by atoms with Crippen LogP contribution in [0.1, 0.15) is 38.8 Å². The minimum Gasteiger partial charge on any atom is -0.337 e. The van der Waals surface area contributed by atoms with Crippen LogP contribution < -0.4 is 0 Å². The van der Waals surface area contributed by atoms with Gasteiger partial charge >= 0.3 is 0 Å². The van der Waals surface area contributed by atoms with Crippen molar-refractivity contribution in [2.45, 2.75) is 51.6 Å². The highest BCUT2D eigenvalue weighted by Gasteiger charge is 2.30. The molecule has 2 atom stereocenters. The van der Waals surface area contributed by atoms with Gasteiger partial charge in [-0.05, 0) is 57.4 Å². The molecule has 0 aliphatic carbocycles. The predicted octanol–water partition coefficient (Wildman–Crippen LogP) is 4.99. The van der Waals surface area contributed by atoms with Gasteiger partial charge in [0.05, 0.1) is 17.8 Å². The van der Waals surface area contributed by atoms with Crippen LogP contribution in [0.5, 0.6) is 0 Å². The molecule has 1 aliphatic heterocycles. The molecule has 3 aromatic rings. The Morgan fingerprint density at radius 2 is 1.81 bits per heavy atom. The molecule has 140 valence electrons. The number of nitrogens with zero attached hydrogens (tertiary/aromatic N) is 3. The van der Waals surface area contributed by atoms with Gasteiger partial charge in [-0.1, -0.05) is 29.8 Å². The first kappa shape index (κ1) is 18.1. The van der Waals surface area contributed by atoms with Crippen molar-refractivity contribution in [1.29, 1.82) is 0 Å². The average Bonchev–Trinajstić information content (AvgIpc) is 3.01. The highest BCUT2D eigenvalue weighted by molar-refractivity contribution is 6.30. The van der Waals surface area contributed by atoms with Gasteiger partial charge in [0.25, 0.3) is 0 Å². The summed E-state index contributed by atoms with van der Waals surface area (Å²) in [6, 6.07) is 14.1. The predicted molar refractivity (Wildman–Crippen MR) is 109 cm³/mol. The van der Waals surface area contributed by atoms with Crippen molar-refractivity contribution in [3.63, 3.8) is 0 Å². The first-order valence-corrected chi connectivity index (χ1v) is 9.95. The Bertz CT molecular complexity index is 953. The number of hydrogen-bond acceptors (Lipinski definition) is 2.